The number of carbonyl (C=O) groups is 1. The van der Waals surface area contributed by atoms with E-state index in [1.54, 1.807) is 0 Å². The molecule has 0 spiro atoms. The minimum Gasteiger partial charge on any atom is -0.508 e. The fourth-order valence-corrected chi connectivity index (χ4v) is 2.48. The average molecular weight is 265 g/mol. The van der Waals surface area contributed by atoms with Gasteiger partial charge in [-0.25, -0.2) is 0 Å². The van der Waals surface area contributed by atoms with Crippen LogP contribution in [0.4, 0.5) is 0 Å². The number of aromatic hydroxyl groups is 3. The van der Waals surface area contributed by atoms with Gasteiger partial charge in [-0.05, 0) is 38.9 Å². The maximum absolute atomic E-state index is 12.0. The van der Waals surface area contributed by atoms with E-state index in [0.29, 0.717) is 6.42 Å². The van der Waals surface area contributed by atoms with E-state index in [0.717, 1.165) is 31.8 Å². The van der Waals surface area contributed by atoms with Crippen LogP contribution in [-0.4, -0.2) is 45.6 Å². The van der Waals surface area contributed by atoms with Crippen LogP contribution in [0.5, 0.6) is 17.2 Å². The lowest BCUT2D eigenvalue weighted by atomic mass is 10.0. The number of hydrogen-bond donors (Lipinski definition) is 3. The summed E-state index contributed by atoms with van der Waals surface area (Å²) in [4.78, 5) is 14.3. The summed E-state index contributed by atoms with van der Waals surface area (Å²) in [5, 5.41) is 28.4. The van der Waals surface area contributed by atoms with Gasteiger partial charge in [-0.3, -0.25) is 4.79 Å². The zero-order valence-electron chi connectivity index (χ0n) is 10.8. The van der Waals surface area contributed by atoms with Gasteiger partial charge < -0.3 is 20.2 Å². The van der Waals surface area contributed by atoms with E-state index in [9.17, 15) is 20.1 Å². The van der Waals surface area contributed by atoms with Crippen molar-refractivity contribution in [3.8, 4) is 17.2 Å². The van der Waals surface area contributed by atoms with Gasteiger partial charge in [0.1, 0.15) is 22.8 Å². The van der Waals surface area contributed by atoms with Crippen LogP contribution in [0, 0.1) is 0 Å². The van der Waals surface area contributed by atoms with Crippen molar-refractivity contribution < 1.29 is 20.1 Å². The highest BCUT2D eigenvalue weighted by molar-refractivity contribution is 6.01. The van der Waals surface area contributed by atoms with Crippen LogP contribution < -0.4 is 0 Å². The van der Waals surface area contributed by atoms with Gasteiger partial charge in [-0.15, -0.1) is 0 Å². The van der Waals surface area contributed by atoms with Gasteiger partial charge in [0.2, 0.25) is 0 Å². The van der Waals surface area contributed by atoms with Gasteiger partial charge in [0.25, 0.3) is 0 Å². The number of Topliss-reactive ketones (excluding diaryl/α,β-unsaturated/α-hetero) is 1. The molecule has 1 fully saturated rings. The van der Waals surface area contributed by atoms with Crippen molar-refractivity contribution in [2.75, 3.05) is 19.6 Å². The number of benzene rings is 1. The summed E-state index contributed by atoms with van der Waals surface area (Å²) in [5.74, 6) is -1.30. The molecule has 1 aromatic rings. The van der Waals surface area contributed by atoms with Gasteiger partial charge in [0.15, 0.2) is 5.78 Å². The Bertz CT molecular complexity index is 444. The van der Waals surface area contributed by atoms with Crippen molar-refractivity contribution in [1.29, 1.82) is 0 Å². The normalized spacial score (nSPS) is 15.8. The number of ketones is 1. The van der Waals surface area contributed by atoms with E-state index in [1.165, 1.54) is 12.8 Å². The molecule has 1 saturated heterocycles. The molecule has 0 unspecified atom stereocenters. The predicted molar refractivity (Wildman–Crippen MR) is 70.7 cm³/mol. The molecule has 0 atom stereocenters. The van der Waals surface area contributed by atoms with E-state index in [4.69, 9.17) is 0 Å². The third-order valence-corrected chi connectivity index (χ3v) is 3.44. The van der Waals surface area contributed by atoms with Crippen molar-refractivity contribution >= 4 is 5.78 Å². The number of hydrogen-bond acceptors (Lipinski definition) is 5. The molecular weight excluding hydrogens is 246 g/mol. The summed E-state index contributed by atoms with van der Waals surface area (Å²) < 4.78 is 0. The second-order valence-corrected chi connectivity index (χ2v) is 4.93. The minimum atomic E-state index is -0.372. The minimum absolute atomic E-state index is 0.0979. The summed E-state index contributed by atoms with van der Waals surface area (Å²) in [6, 6.07) is 2.13. The predicted octanol–water partition coefficient (Wildman–Crippen LogP) is 1.86. The molecule has 1 heterocycles. The molecule has 104 valence electrons. The summed E-state index contributed by atoms with van der Waals surface area (Å²) >= 11 is 0. The smallest absolute Gasteiger partial charge is 0.170 e. The first-order chi connectivity index (χ1) is 9.08. The highest BCUT2D eigenvalue weighted by Crippen LogP contribution is 2.33. The molecular formula is C14H19NO4. The van der Waals surface area contributed by atoms with Crippen molar-refractivity contribution in [2.24, 2.45) is 0 Å². The van der Waals surface area contributed by atoms with Gasteiger partial charge >= 0.3 is 0 Å². The van der Waals surface area contributed by atoms with E-state index in [-0.39, 0.29) is 35.0 Å². The van der Waals surface area contributed by atoms with Crippen molar-refractivity contribution in [1.82, 2.24) is 4.90 Å². The second kappa shape index (κ2) is 5.93. The molecule has 0 radical (unpaired) electrons. The maximum atomic E-state index is 12.0. The Hall–Kier alpha value is -1.75. The molecule has 1 aliphatic rings. The summed E-state index contributed by atoms with van der Waals surface area (Å²) in [7, 11) is 0. The third-order valence-electron chi connectivity index (χ3n) is 3.44. The van der Waals surface area contributed by atoms with E-state index >= 15 is 0 Å². The van der Waals surface area contributed by atoms with Crippen LogP contribution >= 0.6 is 0 Å². The first kappa shape index (κ1) is 13.7. The second-order valence-electron chi connectivity index (χ2n) is 4.93. The molecule has 0 aromatic heterocycles. The Morgan fingerprint density at radius 2 is 1.68 bits per heavy atom. The molecule has 19 heavy (non-hydrogen) atoms. The summed E-state index contributed by atoms with van der Waals surface area (Å²) in [6.45, 7) is 3.04. The van der Waals surface area contributed by atoms with E-state index < -0.39 is 0 Å². The Labute approximate surface area is 112 Å². The zero-order valence-corrected chi connectivity index (χ0v) is 10.8. The van der Waals surface area contributed by atoms with Crippen molar-refractivity contribution in [3.63, 3.8) is 0 Å². The SMILES string of the molecule is O=C(CCCN1CCCC1)c1c(O)cc(O)cc1O. The highest BCUT2D eigenvalue weighted by Gasteiger charge is 2.18. The molecule has 5 heteroatoms. The zero-order chi connectivity index (χ0) is 13.8. The molecule has 0 bridgehead atoms. The number of carbonyl (C=O) groups excluding carboxylic acids is 1. The molecule has 0 amide bonds. The molecule has 3 N–H and O–H groups in total. The van der Waals surface area contributed by atoms with E-state index in [2.05, 4.69) is 4.90 Å². The Morgan fingerprint density at radius 3 is 2.26 bits per heavy atom. The lowest BCUT2D eigenvalue weighted by Crippen LogP contribution is -2.21. The average Bonchev–Trinajstić information content (AvgIpc) is 2.80. The lowest BCUT2D eigenvalue weighted by Gasteiger charge is -2.14. The lowest BCUT2D eigenvalue weighted by molar-refractivity contribution is 0.0970. The summed E-state index contributed by atoms with van der Waals surface area (Å²) in [6.07, 6.45) is 3.42. The Morgan fingerprint density at radius 1 is 1.11 bits per heavy atom. The number of phenolic OH excluding ortho intramolecular Hbond substituents is 3. The van der Waals surface area contributed by atoms with Crippen LogP contribution in [0.15, 0.2) is 12.1 Å². The van der Waals surface area contributed by atoms with Crippen LogP contribution in [-0.2, 0) is 0 Å². The standard InChI is InChI=1S/C14H19NO4/c16-10-8-12(18)14(13(19)9-10)11(17)4-3-7-15-5-1-2-6-15/h8-9,16,18-19H,1-7H2. The van der Waals surface area contributed by atoms with Crippen LogP contribution in [0.3, 0.4) is 0 Å². The first-order valence-electron chi connectivity index (χ1n) is 6.58. The van der Waals surface area contributed by atoms with Crippen LogP contribution in [0.2, 0.25) is 0 Å². The number of nitrogens with zero attached hydrogens (tertiary/aromatic N) is 1. The molecule has 0 aliphatic carbocycles. The molecule has 2 rings (SSSR count). The quantitative estimate of drug-likeness (QED) is 0.708. The van der Waals surface area contributed by atoms with Crippen LogP contribution in [0.25, 0.3) is 0 Å². The summed E-state index contributed by atoms with van der Waals surface area (Å²) in [5.41, 5.74) is -0.0979. The van der Waals surface area contributed by atoms with Gasteiger partial charge in [0.05, 0.1) is 0 Å². The monoisotopic (exact) mass is 265 g/mol. The highest BCUT2D eigenvalue weighted by atomic mass is 16.3. The Balaban J connectivity index is 1.92. The van der Waals surface area contributed by atoms with Gasteiger partial charge in [0, 0.05) is 18.6 Å². The largest absolute Gasteiger partial charge is 0.508 e. The molecule has 0 saturated carbocycles. The molecule has 1 aliphatic heterocycles. The number of likely N-dealkylation sites (tertiary alicyclic amines) is 1. The van der Waals surface area contributed by atoms with Crippen molar-refractivity contribution in [2.45, 2.75) is 25.7 Å². The van der Waals surface area contributed by atoms with Gasteiger partial charge in [-0.2, -0.15) is 0 Å². The number of rotatable bonds is 5. The number of phenols is 3. The molecule has 5 nitrogen and oxygen atoms in total. The van der Waals surface area contributed by atoms with Crippen LogP contribution in [0.1, 0.15) is 36.0 Å². The molecule has 1 aromatic carbocycles. The fraction of sp³-hybridized carbons (Fsp3) is 0.500. The maximum Gasteiger partial charge on any atom is 0.170 e. The Kier molecular flexibility index (Phi) is 4.27. The third kappa shape index (κ3) is 3.38. The van der Waals surface area contributed by atoms with E-state index in [1.807, 2.05) is 0 Å². The van der Waals surface area contributed by atoms with Gasteiger partial charge in [-0.1, -0.05) is 0 Å². The first-order valence-corrected chi connectivity index (χ1v) is 6.58. The topological polar surface area (TPSA) is 81.0 Å². The fourth-order valence-electron chi connectivity index (χ4n) is 2.48. The van der Waals surface area contributed by atoms with Crippen molar-refractivity contribution in [3.05, 3.63) is 17.7 Å².